The molecule has 0 spiro atoms. The third kappa shape index (κ3) is 3.83. The molecule has 0 fully saturated rings. The largest absolute Gasteiger partial charge is 0.497 e. The lowest BCUT2D eigenvalue weighted by atomic mass is 10.2. The molecule has 0 atom stereocenters. The first kappa shape index (κ1) is 15.8. The van der Waals surface area contributed by atoms with Crippen LogP contribution in [0.1, 0.15) is 5.89 Å². The zero-order valence-electron chi connectivity index (χ0n) is 12.1. The summed E-state index contributed by atoms with van der Waals surface area (Å²) in [7, 11) is 1.61. The minimum absolute atomic E-state index is 0.137. The van der Waals surface area contributed by atoms with Crippen LogP contribution in [0.3, 0.4) is 0 Å². The molecule has 0 unspecified atom stereocenters. The SMILES string of the molecule is COc1cccc(-c2noc(COc3ccc(Br)cc3Cl)n2)c1. The van der Waals surface area contributed by atoms with E-state index in [-0.39, 0.29) is 6.61 Å². The number of hydrogen-bond donors (Lipinski definition) is 0. The second-order valence-corrected chi connectivity index (χ2v) is 5.93. The van der Waals surface area contributed by atoms with E-state index in [0.29, 0.717) is 22.5 Å². The van der Waals surface area contributed by atoms with Crippen LogP contribution in [-0.4, -0.2) is 17.3 Å². The number of halogens is 2. The molecule has 2 aromatic carbocycles. The molecular formula is C16H12BrClN2O3. The number of ether oxygens (including phenoxy) is 2. The number of nitrogens with zero attached hydrogens (tertiary/aromatic N) is 2. The Hall–Kier alpha value is -2.05. The molecule has 3 rings (SSSR count). The fourth-order valence-corrected chi connectivity index (χ4v) is 2.65. The van der Waals surface area contributed by atoms with Gasteiger partial charge in [0.2, 0.25) is 5.82 Å². The second kappa shape index (κ2) is 7.02. The summed E-state index contributed by atoms with van der Waals surface area (Å²) in [6.45, 7) is 0.137. The summed E-state index contributed by atoms with van der Waals surface area (Å²) in [4.78, 5) is 4.31. The molecule has 0 saturated carbocycles. The van der Waals surface area contributed by atoms with E-state index in [1.165, 1.54) is 0 Å². The van der Waals surface area contributed by atoms with Crippen molar-refractivity contribution >= 4 is 27.5 Å². The number of rotatable bonds is 5. The normalized spacial score (nSPS) is 10.6. The average Bonchev–Trinajstić information content (AvgIpc) is 3.03. The summed E-state index contributed by atoms with van der Waals surface area (Å²) in [5, 5.41) is 4.45. The topological polar surface area (TPSA) is 57.4 Å². The Morgan fingerprint density at radius 2 is 2.09 bits per heavy atom. The minimum Gasteiger partial charge on any atom is -0.497 e. The van der Waals surface area contributed by atoms with Gasteiger partial charge in [-0.2, -0.15) is 4.98 Å². The van der Waals surface area contributed by atoms with E-state index in [1.54, 1.807) is 19.2 Å². The van der Waals surface area contributed by atoms with Gasteiger partial charge in [-0.1, -0.05) is 44.8 Å². The molecule has 7 heteroatoms. The standard InChI is InChI=1S/C16H12BrClN2O3/c1-21-12-4-2-3-10(7-12)16-19-15(23-20-16)9-22-14-6-5-11(17)8-13(14)18/h2-8H,9H2,1H3. The highest BCUT2D eigenvalue weighted by atomic mass is 79.9. The highest BCUT2D eigenvalue weighted by Crippen LogP contribution is 2.28. The third-order valence-electron chi connectivity index (χ3n) is 3.04. The van der Waals surface area contributed by atoms with Gasteiger partial charge in [-0.15, -0.1) is 0 Å². The zero-order valence-corrected chi connectivity index (χ0v) is 14.5. The molecule has 5 nitrogen and oxygen atoms in total. The van der Waals surface area contributed by atoms with E-state index in [2.05, 4.69) is 26.1 Å². The maximum Gasteiger partial charge on any atom is 0.264 e. The molecular weight excluding hydrogens is 384 g/mol. The summed E-state index contributed by atoms with van der Waals surface area (Å²) in [6.07, 6.45) is 0. The summed E-state index contributed by atoms with van der Waals surface area (Å²) < 4.78 is 16.9. The molecule has 0 amide bonds. The van der Waals surface area contributed by atoms with Crippen LogP contribution in [0.4, 0.5) is 0 Å². The fraction of sp³-hybridized carbons (Fsp3) is 0.125. The summed E-state index contributed by atoms with van der Waals surface area (Å²) >= 11 is 9.44. The lowest BCUT2D eigenvalue weighted by molar-refractivity contribution is 0.243. The van der Waals surface area contributed by atoms with Gasteiger partial charge in [-0.3, -0.25) is 0 Å². The zero-order chi connectivity index (χ0) is 16.2. The van der Waals surface area contributed by atoms with Crippen molar-refractivity contribution in [1.29, 1.82) is 0 Å². The highest BCUT2D eigenvalue weighted by Gasteiger charge is 2.11. The first-order valence-electron chi connectivity index (χ1n) is 6.70. The molecule has 1 aromatic heterocycles. The van der Waals surface area contributed by atoms with Crippen LogP contribution in [-0.2, 0) is 6.61 Å². The molecule has 0 aliphatic rings. The number of aromatic nitrogens is 2. The Bertz CT molecular complexity index is 823. The Kier molecular flexibility index (Phi) is 4.83. The van der Waals surface area contributed by atoms with Crippen molar-refractivity contribution in [3.8, 4) is 22.9 Å². The van der Waals surface area contributed by atoms with E-state index in [4.69, 9.17) is 25.6 Å². The molecule has 0 N–H and O–H groups in total. The van der Waals surface area contributed by atoms with Gasteiger partial charge in [0.05, 0.1) is 12.1 Å². The van der Waals surface area contributed by atoms with Crippen molar-refractivity contribution in [2.75, 3.05) is 7.11 Å². The lowest BCUT2D eigenvalue weighted by Gasteiger charge is -2.05. The maximum absolute atomic E-state index is 6.09. The Labute approximate surface area is 146 Å². The molecule has 0 aliphatic heterocycles. The van der Waals surface area contributed by atoms with E-state index < -0.39 is 0 Å². The summed E-state index contributed by atoms with van der Waals surface area (Å²) in [5.41, 5.74) is 0.807. The summed E-state index contributed by atoms with van der Waals surface area (Å²) in [5.74, 6) is 2.12. The van der Waals surface area contributed by atoms with Crippen molar-refractivity contribution in [3.63, 3.8) is 0 Å². The van der Waals surface area contributed by atoms with E-state index in [1.807, 2.05) is 30.3 Å². The lowest BCUT2D eigenvalue weighted by Crippen LogP contribution is -1.96. The van der Waals surface area contributed by atoms with Crippen molar-refractivity contribution < 1.29 is 14.0 Å². The number of hydrogen-bond acceptors (Lipinski definition) is 5. The quantitative estimate of drug-likeness (QED) is 0.624. The number of methoxy groups -OCH3 is 1. The van der Waals surface area contributed by atoms with Gasteiger partial charge in [0.25, 0.3) is 5.89 Å². The smallest absolute Gasteiger partial charge is 0.264 e. The molecule has 23 heavy (non-hydrogen) atoms. The first-order valence-corrected chi connectivity index (χ1v) is 7.87. The van der Waals surface area contributed by atoms with Crippen LogP contribution in [0.2, 0.25) is 5.02 Å². The van der Waals surface area contributed by atoms with E-state index >= 15 is 0 Å². The van der Waals surface area contributed by atoms with Crippen molar-refractivity contribution in [3.05, 3.63) is 57.9 Å². The van der Waals surface area contributed by atoms with Gasteiger partial charge >= 0.3 is 0 Å². The molecule has 1 heterocycles. The van der Waals surface area contributed by atoms with E-state index in [9.17, 15) is 0 Å². The molecule has 118 valence electrons. The van der Waals surface area contributed by atoms with Crippen LogP contribution in [0.15, 0.2) is 51.5 Å². The fourth-order valence-electron chi connectivity index (χ4n) is 1.92. The maximum atomic E-state index is 6.09. The predicted octanol–water partition coefficient (Wildman–Crippen LogP) is 4.74. The Morgan fingerprint density at radius 1 is 1.22 bits per heavy atom. The van der Waals surface area contributed by atoms with Gasteiger partial charge in [0, 0.05) is 10.0 Å². The molecule has 0 bridgehead atoms. The summed E-state index contributed by atoms with van der Waals surface area (Å²) in [6, 6.07) is 12.8. The van der Waals surface area contributed by atoms with Crippen LogP contribution in [0.5, 0.6) is 11.5 Å². The monoisotopic (exact) mass is 394 g/mol. The molecule has 0 saturated heterocycles. The van der Waals surface area contributed by atoms with Gasteiger partial charge in [0.1, 0.15) is 11.5 Å². The van der Waals surface area contributed by atoms with Gasteiger partial charge in [0.15, 0.2) is 6.61 Å². The van der Waals surface area contributed by atoms with Crippen molar-refractivity contribution in [2.24, 2.45) is 0 Å². The number of benzene rings is 2. The highest BCUT2D eigenvalue weighted by molar-refractivity contribution is 9.10. The van der Waals surface area contributed by atoms with Crippen molar-refractivity contribution in [1.82, 2.24) is 10.1 Å². The average molecular weight is 396 g/mol. The van der Waals surface area contributed by atoms with Crippen molar-refractivity contribution in [2.45, 2.75) is 6.61 Å². The minimum atomic E-state index is 0.137. The Morgan fingerprint density at radius 3 is 2.87 bits per heavy atom. The molecule has 0 radical (unpaired) electrons. The van der Waals surface area contributed by atoms with Crippen LogP contribution in [0, 0.1) is 0 Å². The van der Waals surface area contributed by atoms with Gasteiger partial charge in [-0.05, 0) is 30.3 Å². The molecule has 3 aromatic rings. The first-order chi connectivity index (χ1) is 11.2. The van der Waals surface area contributed by atoms with Gasteiger partial charge in [-0.25, -0.2) is 0 Å². The van der Waals surface area contributed by atoms with Gasteiger partial charge < -0.3 is 14.0 Å². The van der Waals surface area contributed by atoms with Crippen LogP contribution < -0.4 is 9.47 Å². The van der Waals surface area contributed by atoms with E-state index in [0.717, 1.165) is 15.8 Å². The third-order valence-corrected chi connectivity index (χ3v) is 3.83. The molecule has 0 aliphatic carbocycles. The van der Waals surface area contributed by atoms with Crippen LogP contribution >= 0.6 is 27.5 Å². The Balaban J connectivity index is 1.72. The predicted molar refractivity (Wildman–Crippen MR) is 89.8 cm³/mol. The second-order valence-electron chi connectivity index (χ2n) is 4.61. The van der Waals surface area contributed by atoms with Crippen LogP contribution in [0.25, 0.3) is 11.4 Å².